The topological polar surface area (TPSA) is 46.2 Å². The zero-order valence-corrected chi connectivity index (χ0v) is 10.9. The van der Waals surface area contributed by atoms with Crippen molar-refractivity contribution in [3.63, 3.8) is 0 Å². The van der Waals surface area contributed by atoms with E-state index in [1.54, 1.807) is 29.0 Å². The predicted molar refractivity (Wildman–Crippen MR) is 62.7 cm³/mol. The van der Waals surface area contributed by atoms with Gasteiger partial charge in [-0.15, -0.1) is 0 Å². The van der Waals surface area contributed by atoms with Crippen LogP contribution in [0.2, 0.25) is 5.02 Å². The fraction of sp³-hybridized carbons (Fsp3) is 0.400. The van der Waals surface area contributed by atoms with Crippen LogP contribution in [0.1, 0.15) is 12.5 Å². The Morgan fingerprint density at radius 2 is 1.78 bits per heavy atom. The molecule has 1 rings (SSSR count). The number of rotatable bonds is 4. The summed E-state index contributed by atoms with van der Waals surface area (Å²) in [7, 11) is -5.30. The van der Waals surface area contributed by atoms with Gasteiger partial charge in [0.1, 0.15) is 0 Å². The van der Waals surface area contributed by atoms with E-state index in [9.17, 15) is 21.6 Å². The highest BCUT2D eigenvalue weighted by molar-refractivity contribution is 7.90. The minimum absolute atomic E-state index is 0.145. The first kappa shape index (κ1) is 15.3. The molecule has 0 bridgehead atoms. The van der Waals surface area contributed by atoms with E-state index in [-0.39, 0.29) is 6.42 Å². The van der Waals surface area contributed by atoms with E-state index in [4.69, 9.17) is 11.6 Å². The van der Waals surface area contributed by atoms with Gasteiger partial charge in [-0.05, 0) is 31.0 Å². The molecule has 1 unspecified atom stereocenters. The van der Waals surface area contributed by atoms with Crippen LogP contribution in [0.4, 0.5) is 13.2 Å². The summed E-state index contributed by atoms with van der Waals surface area (Å²) in [6.45, 7) is 1.36. The largest absolute Gasteiger partial charge is 0.511 e. The van der Waals surface area contributed by atoms with Gasteiger partial charge in [-0.2, -0.15) is 13.2 Å². The second-order valence-corrected chi connectivity index (χ2v) is 5.94. The Kier molecular flexibility index (Phi) is 4.63. The summed E-state index contributed by atoms with van der Waals surface area (Å²) in [4.78, 5) is 0. The molecule has 0 amide bonds. The second kappa shape index (κ2) is 5.46. The van der Waals surface area contributed by atoms with Gasteiger partial charge in [0, 0.05) is 11.1 Å². The highest BCUT2D eigenvalue weighted by Gasteiger charge is 2.46. The fourth-order valence-corrected chi connectivity index (χ4v) is 2.22. The Hall–Kier alpha value is -0.790. The lowest BCUT2D eigenvalue weighted by Gasteiger charge is -2.15. The Morgan fingerprint density at radius 3 is 2.22 bits per heavy atom. The molecule has 102 valence electrons. The summed E-state index contributed by atoms with van der Waals surface area (Å²) in [5.41, 5.74) is -4.60. The normalized spacial score (nSPS) is 14.5. The van der Waals surface area contributed by atoms with E-state index < -0.39 is 21.6 Å². The average Bonchev–Trinajstić information content (AvgIpc) is 2.19. The molecule has 0 heterocycles. The van der Waals surface area contributed by atoms with Crippen molar-refractivity contribution in [3.8, 4) is 0 Å². The molecule has 0 fully saturated rings. The summed E-state index contributed by atoms with van der Waals surface area (Å²) in [6, 6.07) is 5.56. The molecule has 18 heavy (non-hydrogen) atoms. The molecule has 1 N–H and O–H groups in total. The number of sulfonamides is 1. The van der Waals surface area contributed by atoms with Crippen molar-refractivity contribution < 1.29 is 21.6 Å². The van der Waals surface area contributed by atoms with Crippen LogP contribution >= 0.6 is 11.6 Å². The molecule has 1 atom stereocenters. The summed E-state index contributed by atoms with van der Waals surface area (Å²) >= 11 is 5.65. The van der Waals surface area contributed by atoms with Gasteiger partial charge in [-0.3, -0.25) is 0 Å². The zero-order valence-electron chi connectivity index (χ0n) is 9.33. The molecule has 0 aliphatic carbocycles. The summed E-state index contributed by atoms with van der Waals surface area (Å²) in [5, 5.41) is 0.502. The molecule has 0 aliphatic rings. The second-order valence-electron chi connectivity index (χ2n) is 3.80. The Labute approximate surface area is 108 Å². The quantitative estimate of drug-likeness (QED) is 0.929. The smallest absolute Gasteiger partial charge is 0.204 e. The van der Waals surface area contributed by atoms with E-state index in [0.29, 0.717) is 10.6 Å². The zero-order chi connectivity index (χ0) is 14.0. The van der Waals surface area contributed by atoms with Crippen LogP contribution in [-0.4, -0.2) is 20.0 Å². The van der Waals surface area contributed by atoms with Crippen LogP contribution in [0.15, 0.2) is 24.3 Å². The lowest BCUT2D eigenvalue weighted by molar-refractivity contribution is -0.0450. The maximum atomic E-state index is 12.1. The van der Waals surface area contributed by atoms with Gasteiger partial charge in [-0.25, -0.2) is 13.1 Å². The third-order valence-electron chi connectivity index (χ3n) is 2.12. The summed E-state index contributed by atoms with van der Waals surface area (Å²) in [5.74, 6) is 0. The van der Waals surface area contributed by atoms with E-state index in [2.05, 4.69) is 0 Å². The lowest BCUT2D eigenvalue weighted by Crippen LogP contribution is -2.42. The van der Waals surface area contributed by atoms with Crippen molar-refractivity contribution in [2.75, 3.05) is 0 Å². The number of hydrogen-bond acceptors (Lipinski definition) is 2. The molecule has 0 saturated heterocycles. The summed E-state index contributed by atoms with van der Waals surface area (Å²) in [6.07, 6.45) is 0.145. The van der Waals surface area contributed by atoms with Crippen molar-refractivity contribution in [2.24, 2.45) is 0 Å². The molecule has 3 nitrogen and oxygen atoms in total. The first-order valence-electron chi connectivity index (χ1n) is 4.95. The predicted octanol–water partition coefficient (Wildman–Crippen LogP) is 2.71. The number of hydrogen-bond donors (Lipinski definition) is 1. The van der Waals surface area contributed by atoms with Crippen LogP contribution in [0, 0.1) is 0 Å². The molecule has 1 aromatic rings. The Bertz CT molecular complexity index is 499. The minimum atomic E-state index is -5.30. The van der Waals surface area contributed by atoms with Gasteiger partial charge in [-0.1, -0.05) is 23.7 Å². The SMILES string of the molecule is CC(Cc1ccc(Cl)cc1)NS(=O)(=O)C(F)(F)F. The number of halogens is 4. The molecule has 0 aromatic heterocycles. The van der Waals surface area contributed by atoms with Crippen LogP contribution in [0.25, 0.3) is 0 Å². The van der Waals surface area contributed by atoms with Gasteiger partial charge >= 0.3 is 15.5 Å². The van der Waals surface area contributed by atoms with Crippen molar-refractivity contribution in [2.45, 2.75) is 24.9 Å². The summed E-state index contributed by atoms with van der Waals surface area (Å²) < 4.78 is 59.6. The minimum Gasteiger partial charge on any atom is -0.204 e. The molecule has 0 aliphatic heterocycles. The number of nitrogens with one attached hydrogen (secondary N) is 1. The molecular formula is C10H11ClF3NO2S. The van der Waals surface area contributed by atoms with E-state index in [1.807, 2.05) is 0 Å². The molecule has 0 spiro atoms. The molecule has 1 aromatic carbocycles. The first-order valence-corrected chi connectivity index (χ1v) is 6.81. The van der Waals surface area contributed by atoms with Gasteiger partial charge < -0.3 is 0 Å². The lowest BCUT2D eigenvalue weighted by atomic mass is 10.1. The fourth-order valence-electron chi connectivity index (χ4n) is 1.35. The van der Waals surface area contributed by atoms with Crippen LogP contribution < -0.4 is 4.72 Å². The van der Waals surface area contributed by atoms with Crippen molar-refractivity contribution in [1.82, 2.24) is 4.72 Å². The first-order chi connectivity index (χ1) is 8.12. The van der Waals surface area contributed by atoms with Crippen LogP contribution in [0.3, 0.4) is 0 Å². The van der Waals surface area contributed by atoms with E-state index in [1.165, 1.54) is 6.92 Å². The van der Waals surface area contributed by atoms with E-state index in [0.717, 1.165) is 0 Å². The third kappa shape index (κ3) is 4.15. The number of alkyl halides is 3. The third-order valence-corrected chi connectivity index (χ3v) is 3.69. The van der Waals surface area contributed by atoms with Gasteiger partial charge in [0.15, 0.2) is 0 Å². The monoisotopic (exact) mass is 301 g/mol. The molecule has 0 radical (unpaired) electrons. The standard InChI is InChI=1S/C10H11ClF3NO2S/c1-7(15-18(16,17)10(12,13)14)6-8-2-4-9(11)5-3-8/h2-5,7,15H,6H2,1H3. The maximum Gasteiger partial charge on any atom is 0.511 e. The molecule has 8 heteroatoms. The van der Waals surface area contributed by atoms with Crippen molar-refractivity contribution in [1.29, 1.82) is 0 Å². The molecule has 0 saturated carbocycles. The highest BCUT2D eigenvalue weighted by Crippen LogP contribution is 2.22. The highest BCUT2D eigenvalue weighted by atomic mass is 35.5. The van der Waals surface area contributed by atoms with Gasteiger partial charge in [0.25, 0.3) is 0 Å². The van der Waals surface area contributed by atoms with Crippen molar-refractivity contribution in [3.05, 3.63) is 34.9 Å². The Morgan fingerprint density at radius 1 is 1.28 bits per heavy atom. The van der Waals surface area contributed by atoms with Crippen molar-refractivity contribution >= 4 is 21.6 Å². The average molecular weight is 302 g/mol. The van der Waals surface area contributed by atoms with Crippen LogP contribution in [0.5, 0.6) is 0 Å². The van der Waals surface area contributed by atoms with E-state index >= 15 is 0 Å². The van der Waals surface area contributed by atoms with Crippen LogP contribution in [-0.2, 0) is 16.4 Å². The maximum absolute atomic E-state index is 12.1. The Balaban J connectivity index is 2.68. The van der Waals surface area contributed by atoms with Gasteiger partial charge in [0.2, 0.25) is 0 Å². The molecular weight excluding hydrogens is 291 g/mol. The number of benzene rings is 1. The van der Waals surface area contributed by atoms with Gasteiger partial charge in [0.05, 0.1) is 0 Å².